The van der Waals surface area contributed by atoms with Gasteiger partial charge >= 0.3 is 0 Å². The number of aromatic nitrogens is 1. The summed E-state index contributed by atoms with van der Waals surface area (Å²) in [5.41, 5.74) is 1.99. The van der Waals surface area contributed by atoms with Crippen molar-refractivity contribution in [3.63, 3.8) is 0 Å². The molecule has 0 amide bonds. The molecular weight excluding hydrogens is 309 g/mol. The lowest BCUT2D eigenvalue weighted by molar-refractivity contribution is 0.589. The van der Waals surface area contributed by atoms with Gasteiger partial charge < -0.3 is 4.42 Å². The fourth-order valence-corrected chi connectivity index (χ4v) is 2.14. The average Bonchev–Trinajstić information content (AvgIpc) is 2.82. The van der Waals surface area contributed by atoms with E-state index in [1.54, 1.807) is 24.3 Å². The molecule has 3 rings (SSSR count). The normalized spacial score (nSPS) is 11.5. The van der Waals surface area contributed by atoms with Crippen LogP contribution in [0.5, 0.6) is 0 Å². The number of halogens is 2. The summed E-state index contributed by atoms with van der Waals surface area (Å²) in [5, 5.41) is 0. The summed E-state index contributed by atoms with van der Waals surface area (Å²) in [6, 6.07) is 12.3. The molecule has 2 aromatic carbocycles. The van der Waals surface area contributed by atoms with Crippen LogP contribution in [0.1, 0.15) is 11.5 Å². The summed E-state index contributed by atoms with van der Waals surface area (Å²) in [6.07, 6.45) is 3.30. The summed E-state index contributed by atoms with van der Waals surface area (Å²) in [7, 11) is 0. The molecule has 19 heavy (non-hydrogen) atoms. The Bertz CT molecular complexity index is 731. The molecule has 0 aliphatic carbocycles. The second-order valence-electron chi connectivity index (χ2n) is 4.02. The van der Waals surface area contributed by atoms with Gasteiger partial charge in [-0.25, -0.2) is 9.37 Å². The molecule has 0 N–H and O–H groups in total. The maximum atomic E-state index is 13.6. The number of benzene rings is 2. The molecule has 94 valence electrons. The van der Waals surface area contributed by atoms with Gasteiger partial charge in [-0.1, -0.05) is 28.1 Å². The van der Waals surface area contributed by atoms with Gasteiger partial charge in [0.2, 0.25) is 5.89 Å². The van der Waals surface area contributed by atoms with Gasteiger partial charge in [0.05, 0.1) is 0 Å². The fraction of sp³-hybridized carbons (Fsp3) is 0. The Kier molecular flexibility index (Phi) is 3.17. The first kappa shape index (κ1) is 12.1. The molecule has 1 heterocycles. The first-order valence-corrected chi connectivity index (χ1v) is 6.50. The average molecular weight is 318 g/mol. The van der Waals surface area contributed by atoms with Gasteiger partial charge in [-0.2, -0.15) is 0 Å². The maximum Gasteiger partial charge on any atom is 0.220 e. The number of fused-ring (bicyclic) bond motifs is 1. The van der Waals surface area contributed by atoms with E-state index >= 15 is 0 Å². The standard InChI is InChI=1S/C15H9BrFNO/c16-11-6-7-12(17)10(9-11)5-8-15-18-13-3-1-2-4-14(13)19-15/h1-9H/b8-5+. The van der Waals surface area contributed by atoms with E-state index in [0.717, 1.165) is 15.6 Å². The zero-order chi connectivity index (χ0) is 13.2. The van der Waals surface area contributed by atoms with Crippen molar-refractivity contribution in [1.29, 1.82) is 0 Å². The summed E-state index contributed by atoms with van der Waals surface area (Å²) < 4.78 is 19.9. The van der Waals surface area contributed by atoms with E-state index in [1.807, 2.05) is 24.3 Å². The number of nitrogens with zero attached hydrogens (tertiary/aromatic N) is 1. The van der Waals surface area contributed by atoms with Gasteiger partial charge in [0.25, 0.3) is 0 Å². The van der Waals surface area contributed by atoms with Crippen LogP contribution in [0.15, 0.2) is 51.4 Å². The summed E-state index contributed by atoms with van der Waals surface area (Å²) in [4.78, 5) is 4.29. The third kappa shape index (κ3) is 2.58. The smallest absolute Gasteiger partial charge is 0.220 e. The van der Waals surface area contributed by atoms with E-state index in [1.165, 1.54) is 6.07 Å². The topological polar surface area (TPSA) is 26.0 Å². The SMILES string of the molecule is Fc1ccc(Br)cc1/C=C/c1nc2ccccc2o1. The van der Waals surface area contributed by atoms with Crippen LogP contribution in [0, 0.1) is 5.82 Å². The van der Waals surface area contributed by atoms with E-state index in [9.17, 15) is 4.39 Å². The number of oxazole rings is 1. The first-order chi connectivity index (χ1) is 9.22. The molecular formula is C15H9BrFNO. The second kappa shape index (κ2) is 4.97. The van der Waals surface area contributed by atoms with Crippen molar-refractivity contribution in [2.75, 3.05) is 0 Å². The lowest BCUT2D eigenvalue weighted by Gasteiger charge is -1.96. The van der Waals surface area contributed by atoms with Crippen molar-refractivity contribution in [3.05, 3.63) is 64.2 Å². The van der Waals surface area contributed by atoms with Crippen LogP contribution in [0.4, 0.5) is 4.39 Å². The molecule has 0 unspecified atom stereocenters. The highest BCUT2D eigenvalue weighted by atomic mass is 79.9. The minimum Gasteiger partial charge on any atom is -0.437 e. The Hall–Kier alpha value is -1.94. The van der Waals surface area contributed by atoms with Crippen LogP contribution in [-0.4, -0.2) is 4.98 Å². The van der Waals surface area contributed by atoms with Gasteiger partial charge in [-0.3, -0.25) is 0 Å². The molecule has 0 aliphatic rings. The van der Waals surface area contributed by atoms with Gasteiger partial charge in [-0.05, 0) is 36.4 Å². The third-order valence-corrected chi connectivity index (χ3v) is 3.17. The molecule has 0 bridgehead atoms. The molecule has 0 spiro atoms. The van der Waals surface area contributed by atoms with Crippen LogP contribution in [0.3, 0.4) is 0 Å². The first-order valence-electron chi connectivity index (χ1n) is 5.71. The predicted molar refractivity (Wildman–Crippen MR) is 77.0 cm³/mol. The Labute approximate surface area is 117 Å². The number of para-hydroxylation sites is 2. The van der Waals surface area contributed by atoms with Gasteiger partial charge in [0, 0.05) is 16.1 Å². The predicted octanol–water partition coefficient (Wildman–Crippen LogP) is 4.90. The van der Waals surface area contributed by atoms with Crippen molar-refractivity contribution in [1.82, 2.24) is 4.98 Å². The number of hydrogen-bond donors (Lipinski definition) is 0. The minimum atomic E-state index is -0.282. The van der Waals surface area contributed by atoms with Crippen molar-refractivity contribution < 1.29 is 8.81 Å². The van der Waals surface area contributed by atoms with Gasteiger partial charge in [0.1, 0.15) is 11.3 Å². The van der Waals surface area contributed by atoms with E-state index in [4.69, 9.17) is 4.42 Å². The van der Waals surface area contributed by atoms with Crippen LogP contribution >= 0.6 is 15.9 Å². The van der Waals surface area contributed by atoms with Crippen molar-refractivity contribution in [2.24, 2.45) is 0 Å². The molecule has 4 heteroatoms. The van der Waals surface area contributed by atoms with E-state index < -0.39 is 0 Å². The molecule has 0 atom stereocenters. The third-order valence-electron chi connectivity index (χ3n) is 2.67. The Balaban J connectivity index is 1.95. The lowest BCUT2D eigenvalue weighted by atomic mass is 10.2. The van der Waals surface area contributed by atoms with Gasteiger partial charge in [0.15, 0.2) is 5.58 Å². The lowest BCUT2D eigenvalue weighted by Crippen LogP contribution is -1.81. The Morgan fingerprint density at radius 2 is 1.95 bits per heavy atom. The summed E-state index contributed by atoms with van der Waals surface area (Å²) in [5.74, 6) is 0.177. The monoisotopic (exact) mass is 317 g/mol. The van der Waals surface area contributed by atoms with Crippen LogP contribution < -0.4 is 0 Å². The molecule has 1 aromatic heterocycles. The van der Waals surface area contributed by atoms with E-state index in [-0.39, 0.29) is 5.82 Å². The number of rotatable bonds is 2. The molecule has 0 saturated heterocycles. The van der Waals surface area contributed by atoms with E-state index in [0.29, 0.717) is 11.5 Å². The summed E-state index contributed by atoms with van der Waals surface area (Å²) in [6.45, 7) is 0. The van der Waals surface area contributed by atoms with Crippen LogP contribution in [-0.2, 0) is 0 Å². The minimum absolute atomic E-state index is 0.282. The fourth-order valence-electron chi connectivity index (χ4n) is 1.76. The molecule has 3 aromatic rings. The highest BCUT2D eigenvalue weighted by Gasteiger charge is 2.03. The second-order valence-corrected chi connectivity index (χ2v) is 4.93. The molecule has 0 saturated carbocycles. The van der Waals surface area contributed by atoms with Crippen LogP contribution in [0.2, 0.25) is 0 Å². The van der Waals surface area contributed by atoms with Crippen molar-refractivity contribution in [3.8, 4) is 0 Å². The maximum absolute atomic E-state index is 13.6. The van der Waals surface area contributed by atoms with Crippen LogP contribution in [0.25, 0.3) is 23.3 Å². The zero-order valence-corrected chi connectivity index (χ0v) is 11.4. The highest BCUT2D eigenvalue weighted by molar-refractivity contribution is 9.10. The highest BCUT2D eigenvalue weighted by Crippen LogP contribution is 2.19. The molecule has 0 fully saturated rings. The van der Waals surface area contributed by atoms with Crippen molar-refractivity contribution >= 4 is 39.2 Å². The molecule has 0 aliphatic heterocycles. The largest absolute Gasteiger partial charge is 0.437 e. The van der Waals surface area contributed by atoms with Crippen molar-refractivity contribution in [2.45, 2.75) is 0 Å². The summed E-state index contributed by atoms with van der Waals surface area (Å²) >= 11 is 3.31. The Morgan fingerprint density at radius 3 is 2.79 bits per heavy atom. The molecule has 2 nitrogen and oxygen atoms in total. The van der Waals surface area contributed by atoms with E-state index in [2.05, 4.69) is 20.9 Å². The Morgan fingerprint density at radius 1 is 1.11 bits per heavy atom. The van der Waals surface area contributed by atoms with Gasteiger partial charge in [-0.15, -0.1) is 0 Å². The molecule has 0 radical (unpaired) electrons. The quantitative estimate of drug-likeness (QED) is 0.672. The zero-order valence-electron chi connectivity index (χ0n) is 9.81. The number of hydrogen-bond acceptors (Lipinski definition) is 2.